The number of phenols is 2. The zero-order chi connectivity index (χ0) is 14.0. The molecule has 1 aromatic carbocycles. The van der Waals surface area contributed by atoms with Crippen molar-refractivity contribution in [3.8, 4) is 11.5 Å². The van der Waals surface area contributed by atoms with E-state index in [-0.39, 0.29) is 17.5 Å². The topological polar surface area (TPSA) is 78.5 Å². The van der Waals surface area contributed by atoms with E-state index in [1.165, 1.54) is 12.1 Å². The van der Waals surface area contributed by atoms with E-state index in [4.69, 9.17) is 4.42 Å². The molecular weight excluding hydrogens is 244 g/mol. The van der Waals surface area contributed by atoms with Gasteiger partial charge in [0.2, 0.25) is 5.89 Å². The van der Waals surface area contributed by atoms with Gasteiger partial charge in [0.1, 0.15) is 17.3 Å². The molecule has 102 valence electrons. The predicted molar refractivity (Wildman–Crippen MR) is 71.0 cm³/mol. The number of phenolic OH excluding ortho intramolecular Hbond substituents is 2. The molecule has 0 saturated heterocycles. The second-order valence-electron chi connectivity index (χ2n) is 4.59. The normalized spacial score (nSPS) is 12.6. The average molecular weight is 262 g/mol. The standard InChI is InChI=1S/C14H18N2O3/c1-8-10(3)19-14(16-8)7-15-9(2)12-6-11(17)4-5-13(12)18/h4-6,9,15,17-18H,7H2,1-3H3. The van der Waals surface area contributed by atoms with Crippen LogP contribution >= 0.6 is 0 Å². The van der Waals surface area contributed by atoms with E-state index in [9.17, 15) is 10.2 Å². The van der Waals surface area contributed by atoms with Crippen LogP contribution in [0.2, 0.25) is 0 Å². The Balaban J connectivity index is 2.04. The van der Waals surface area contributed by atoms with Crippen molar-refractivity contribution in [2.45, 2.75) is 33.4 Å². The first kappa shape index (κ1) is 13.4. The summed E-state index contributed by atoms with van der Waals surface area (Å²) >= 11 is 0. The van der Waals surface area contributed by atoms with E-state index in [0.29, 0.717) is 18.0 Å². The number of oxazole rings is 1. The summed E-state index contributed by atoms with van der Waals surface area (Å²) in [6, 6.07) is 4.34. The van der Waals surface area contributed by atoms with E-state index >= 15 is 0 Å². The van der Waals surface area contributed by atoms with Crippen molar-refractivity contribution in [1.82, 2.24) is 10.3 Å². The van der Waals surface area contributed by atoms with Crippen molar-refractivity contribution in [3.05, 3.63) is 41.1 Å². The molecule has 1 unspecified atom stereocenters. The summed E-state index contributed by atoms with van der Waals surface area (Å²) in [6.45, 7) is 6.13. The molecule has 0 radical (unpaired) electrons. The lowest BCUT2D eigenvalue weighted by atomic mass is 10.1. The van der Waals surface area contributed by atoms with Gasteiger partial charge in [0.25, 0.3) is 0 Å². The Morgan fingerprint density at radius 3 is 2.68 bits per heavy atom. The minimum Gasteiger partial charge on any atom is -0.508 e. The van der Waals surface area contributed by atoms with Gasteiger partial charge >= 0.3 is 0 Å². The summed E-state index contributed by atoms with van der Waals surface area (Å²) in [4.78, 5) is 4.27. The summed E-state index contributed by atoms with van der Waals surface area (Å²) in [5.41, 5.74) is 1.52. The molecule has 1 heterocycles. The third kappa shape index (κ3) is 3.06. The van der Waals surface area contributed by atoms with Crippen molar-refractivity contribution in [2.24, 2.45) is 0 Å². The second-order valence-corrected chi connectivity index (χ2v) is 4.59. The van der Waals surface area contributed by atoms with Crippen molar-refractivity contribution in [3.63, 3.8) is 0 Å². The number of benzene rings is 1. The zero-order valence-electron chi connectivity index (χ0n) is 11.3. The quantitative estimate of drug-likeness (QED) is 0.738. The van der Waals surface area contributed by atoms with Crippen molar-refractivity contribution in [1.29, 1.82) is 0 Å². The molecule has 0 bridgehead atoms. The number of nitrogens with zero attached hydrogens (tertiary/aromatic N) is 1. The first-order valence-electron chi connectivity index (χ1n) is 6.15. The van der Waals surface area contributed by atoms with E-state index in [0.717, 1.165) is 11.5 Å². The predicted octanol–water partition coefficient (Wildman–Crippen LogP) is 2.55. The third-order valence-corrected chi connectivity index (χ3v) is 3.11. The fraction of sp³-hybridized carbons (Fsp3) is 0.357. The average Bonchev–Trinajstić information content (AvgIpc) is 2.69. The molecule has 1 atom stereocenters. The van der Waals surface area contributed by atoms with Crippen LogP contribution in [0.3, 0.4) is 0 Å². The number of rotatable bonds is 4. The molecule has 0 fully saturated rings. The number of nitrogens with one attached hydrogen (secondary N) is 1. The summed E-state index contributed by atoms with van der Waals surface area (Å²) in [5.74, 6) is 1.70. The van der Waals surface area contributed by atoms with Gasteiger partial charge < -0.3 is 19.9 Å². The van der Waals surface area contributed by atoms with Gasteiger partial charge in [-0.2, -0.15) is 0 Å². The van der Waals surface area contributed by atoms with Crippen molar-refractivity contribution in [2.75, 3.05) is 0 Å². The van der Waals surface area contributed by atoms with Gasteiger partial charge in [-0.05, 0) is 39.0 Å². The van der Waals surface area contributed by atoms with Crippen LogP contribution in [0.25, 0.3) is 0 Å². The molecular formula is C14H18N2O3. The molecule has 0 aliphatic carbocycles. The molecule has 3 N–H and O–H groups in total. The van der Waals surface area contributed by atoms with Crippen LogP contribution in [0.5, 0.6) is 11.5 Å². The highest BCUT2D eigenvalue weighted by Crippen LogP contribution is 2.27. The monoisotopic (exact) mass is 262 g/mol. The Bertz CT molecular complexity index is 559. The van der Waals surface area contributed by atoms with Gasteiger partial charge in [-0.15, -0.1) is 0 Å². The lowest BCUT2D eigenvalue weighted by Gasteiger charge is -2.14. The minimum atomic E-state index is -0.125. The maximum absolute atomic E-state index is 9.76. The van der Waals surface area contributed by atoms with Gasteiger partial charge in [0.15, 0.2) is 0 Å². The summed E-state index contributed by atoms with van der Waals surface area (Å²) in [6.07, 6.45) is 0. The van der Waals surface area contributed by atoms with Gasteiger partial charge in [0, 0.05) is 11.6 Å². The zero-order valence-corrected chi connectivity index (χ0v) is 11.3. The molecule has 1 aromatic heterocycles. The number of hydrogen-bond acceptors (Lipinski definition) is 5. The Kier molecular flexibility index (Phi) is 3.76. The molecule has 2 aromatic rings. The fourth-order valence-electron chi connectivity index (χ4n) is 1.85. The molecule has 0 aliphatic heterocycles. The van der Waals surface area contributed by atoms with Crippen LogP contribution in [0.4, 0.5) is 0 Å². The Morgan fingerprint density at radius 1 is 1.32 bits per heavy atom. The minimum absolute atomic E-state index is 0.125. The first-order valence-corrected chi connectivity index (χ1v) is 6.15. The van der Waals surface area contributed by atoms with Crippen LogP contribution in [0.1, 0.15) is 35.9 Å². The molecule has 2 rings (SSSR count). The highest BCUT2D eigenvalue weighted by Gasteiger charge is 2.12. The smallest absolute Gasteiger partial charge is 0.208 e. The number of aromatic hydroxyl groups is 2. The van der Waals surface area contributed by atoms with E-state index in [1.54, 1.807) is 6.07 Å². The largest absolute Gasteiger partial charge is 0.508 e. The van der Waals surface area contributed by atoms with Gasteiger partial charge in [-0.3, -0.25) is 0 Å². The molecule has 0 spiro atoms. The molecule has 0 saturated carbocycles. The third-order valence-electron chi connectivity index (χ3n) is 3.11. The van der Waals surface area contributed by atoms with Crippen LogP contribution < -0.4 is 5.32 Å². The molecule has 0 aliphatic rings. The molecule has 19 heavy (non-hydrogen) atoms. The summed E-state index contributed by atoms with van der Waals surface area (Å²) in [5, 5.41) is 22.4. The Labute approximate surface area is 111 Å². The SMILES string of the molecule is Cc1nc(CNC(C)c2cc(O)ccc2O)oc1C. The highest BCUT2D eigenvalue weighted by atomic mass is 16.4. The van der Waals surface area contributed by atoms with Crippen LogP contribution in [-0.2, 0) is 6.54 Å². The highest BCUT2D eigenvalue weighted by molar-refractivity contribution is 5.40. The number of aromatic nitrogens is 1. The van der Waals surface area contributed by atoms with E-state index in [2.05, 4.69) is 10.3 Å². The maximum Gasteiger partial charge on any atom is 0.208 e. The Hall–Kier alpha value is -2.01. The van der Waals surface area contributed by atoms with Gasteiger partial charge in [-0.25, -0.2) is 4.98 Å². The van der Waals surface area contributed by atoms with Gasteiger partial charge in [0.05, 0.1) is 12.2 Å². The summed E-state index contributed by atoms with van der Waals surface area (Å²) < 4.78 is 5.47. The Morgan fingerprint density at radius 2 is 2.05 bits per heavy atom. The van der Waals surface area contributed by atoms with E-state index in [1.807, 2.05) is 20.8 Å². The van der Waals surface area contributed by atoms with Crippen molar-refractivity contribution < 1.29 is 14.6 Å². The van der Waals surface area contributed by atoms with E-state index < -0.39 is 0 Å². The lowest BCUT2D eigenvalue weighted by Crippen LogP contribution is -2.18. The lowest BCUT2D eigenvalue weighted by molar-refractivity contribution is 0.416. The van der Waals surface area contributed by atoms with Crippen LogP contribution in [0.15, 0.2) is 22.6 Å². The second kappa shape index (κ2) is 5.32. The molecule has 0 amide bonds. The summed E-state index contributed by atoms with van der Waals surface area (Å²) in [7, 11) is 0. The van der Waals surface area contributed by atoms with Crippen LogP contribution in [-0.4, -0.2) is 15.2 Å². The number of hydrogen-bond donors (Lipinski definition) is 3. The maximum atomic E-state index is 9.76. The van der Waals surface area contributed by atoms with Gasteiger partial charge in [-0.1, -0.05) is 0 Å². The number of aryl methyl sites for hydroxylation is 2. The fourth-order valence-corrected chi connectivity index (χ4v) is 1.85. The van der Waals surface area contributed by atoms with Crippen LogP contribution in [0, 0.1) is 13.8 Å². The molecule has 5 heteroatoms. The first-order chi connectivity index (χ1) is 8.97. The molecule has 5 nitrogen and oxygen atoms in total. The van der Waals surface area contributed by atoms with Crippen molar-refractivity contribution >= 4 is 0 Å².